The van der Waals surface area contributed by atoms with E-state index in [2.05, 4.69) is 5.32 Å². The Labute approximate surface area is 118 Å². The molecule has 0 aliphatic rings. The second-order valence-electron chi connectivity index (χ2n) is 4.47. The van der Waals surface area contributed by atoms with Crippen LogP contribution < -0.4 is 5.32 Å². The van der Waals surface area contributed by atoms with Gasteiger partial charge in [0.2, 0.25) is 5.82 Å². The van der Waals surface area contributed by atoms with Gasteiger partial charge in [-0.05, 0) is 24.6 Å². The first-order valence-electron chi connectivity index (χ1n) is 6.01. The summed E-state index contributed by atoms with van der Waals surface area (Å²) in [6, 6.07) is 5.65. The first-order chi connectivity index (χ1) is 9.88. The van der Waals surface area contributed by atoms with Crippen LogP contribution in [0.2, 0.25) is 0 Å². The van der Waals surface area contributed by atoms with Crippen LogP contribution >= 0.6 is 0 Å². The van der Waals surface area contributed by atoms with E-state index < -0.39 is 28.1 Å². The minimum atomic E-state index is -1.23. The van der Waals surface area contributed by atoms with Gasteiger partial charge in [0, 0.05) is 29.9 Å². The predicted molar refractivity (Wildman–Crippen MR) is 71.5 cm³/mol. The topological polar surface area (TPSA) is 55.2 Å². The molecule has 0 atom stereocenters. The molecule has 0 heterocycles. The van der Waals surface area contributed by atoms with Gasteiger partial charge in [-0.25, -0.2) is 8.78 Å². The standard InChI is InChI=1S/C14H11F3N2O2/c1-8-2-3-10(5-11(8)15)18-7-9-4-14(19(20)21)13(17)6-12(9)16/h2-6,18H,7H2,1H3. The smallest absolute Gasteiger partial charge is 0.305 e. The van der Waals surface area contributed by atoms with Crippen molar-refractivity contribution in [2.24, 2.45) is 0 Å². The van der Waals surface area contributed by atoms with Crippen LogP contribution in [0.25, 0.3) is 0 Å². The van der Waals surface area contributed by atoms with E-state index in [4.69, 9.17) is 0 Å². The minimum absolute atomic E-state index is 0.0796. The molecule has 0 unspecified atom stereocenters. The molecule has 2 aromatic carbocycles. The molecule has 0 aliphatic carbocycles. The van der Waals surface area contributed by atoms with Crippen LogP contribution in [0, 0.1) is 34.5 Å². The average Bonchev–Trinajstić information content (AvgIpc) is 2.41. The minimum Gasteiger partial charge on any atom is -0.381 e. The van der Waals surface area contributed by atoms with Crippen LogP contribution in [-0.4, -0.2) is 4.92 Å². The van der Waals surface area contributed by atoms with Crippen molar-refractivity contribution in [3.05, 3.63) is 69.0 Å². The molecule has 0 radical (unpaired) electrons. The second kappa shape index (κ2) is 5.82. The molecule has 0 bridgehead atoms. The fourth-order valence-corrected chi connectivity index (χ4v) is 1.76. The first-order valence-corrected chi connectivity index (χ1v) is 6.01. The second-order valence-corrected chi connectivity index (χ2v) is 4.47. The van der Waals surface area contributed by atoms with Crippen LogP contribution in [0.4, 0.5) is 24.5 Å². The van der Waals surface area contributed by atoms with Crippen molar-refractivity contribution in [2.45, 2.75) is 13.5 Å². The highest BCUT2D eigenvalue weighted by molar-refractivity contribution is 5.46. The van der Waals surface area contributed by atoms with Crippen LogP contribution in [0.15, 0.2) is 30.3 Å². The number of hydrogen-bond donors (Lipinski definition) is 1. The van der Waals surface area contributed by atoms with E-state index in [9.17, 15) is 23.3 Å². The lowest BCUT2D eigenvalue weighted by molar-refractivity contribution is -0.387. The van der Waals surface area contributed by atoms with Gasteiger partial charge in [0.15, 0.2) is 0 Å². The predicted octanol–water partition coefficient (Wildman–Crippen LogP) is 3.93. The van der Waals surface area contributed by atoms with Crippen molar-refractivity contribution in [1.82, 2.24) is 0 Å². The maximum atomic E-state index is 13.6. The Morgan fingerprint density at radius 3 is 2.43 bits per heavy atom. The molecule has 1 N–H and O–H groups in total. The number of rotatable bonds is 4. The van der Waals surface area contributed by atoms with E-state index >= 15 is 0 Å². The molecule has 0 saturated carbocycles. The summed E-state index contributed by atoms with van der Waals surface area (Å²) in [5, 5.41) is 13.3. The highest BCUT2D eigenvalue weighted by Gasteiger charge is 2.18. The lowest BCUT2D eigenvalue weighted by atomic mass is 10.1. The molecule has 0 amide bonds. The summed E-state index contributed by atoms with van der Waals surface area (Å²) in [7, 11) is 0. The van der Waals surface area contributed by atoms with E-state index in [1.165, 1.54) is 6.07 Å². The number of halogens is 3. The Morgan fingerprint density at radius 1 is 1.10 bits per heavy atom. The number of nitro benzene ring substituents is 1. The summed E-state index contributed by atoms with van der Waals surface area (Å²) < 4.78 is 40.1. The van der Waals surface area contributed by atoms with Crippen LogP contribution in [0.3, 0.4) is 0 Å². The van der Waals surface area contributed by atoms with Gasteiger partial charge in [-0.1, -0.05) is 6.07 Å². The lowest BCUT2D eigenvalue weighted by Gasteiger charge is -2.08. The zero-order valence-corrected chi connectivity index (χ0v) is 11.0. The molecule has 110 valence electrons. The van der Waals surface area contributed by atoms with Gasteiger partial charge >= 0.3 is 5.69 Å². The number of hydrogen-bond acceptors (Lipinski definition) is 3. The van der Waals surface area contributed by atoms with E-state index in [-0.39, 0.29) is 12.1 Å². The van der Waals surface area contributed by atoms with E-state index in [0.717, 1.165) is 6.07 Å². The van der Waals surface area contributed by atoms with Gasteiger partial charge in [-0.15, -0.1) is 0 Å². The first kappa shape index (κ1) is 14.8. The van der Waals surface area contributed by atoms with Crippen LogP contribution in [0.5, 0.6) is 0 Å². The van der Waals surface area contributed by atoms with Gasteiger partial charge in [-0.3, -0.25) is 10.1 Å². The Balaban J connectivity index is 2.21. The highest BCUT2D eigenvalue weighted by atomic mass is 19.1. The number of benzene rings is 2. The van der Waals surface area contributed by atoms with Crippen LogP contribution in [0.1, 0.15) is 11.1 Å². The van der Waals surface area contributed by atoms with Crippen molar-refractivity contribution in [1.29, 1.82) is 0 Å². The van der Waals surface area contributed by atoms with Crippen molar-refractivity contribution in [2.75, 3.05) is 5.32 Å². The van der Waals surface area contributed by atoms with Crippen molar-refractivity contribution < 1.29 is 18.1 Å². The molecule has 2 aromatic rings. The molecule has 2 rings (SSSR count). The Bertz CT molecular complexity index is 705. The zero-order valence-electron chi connectivity index (χ0n) is 11.0. The summed E-state index contributed by atoms with van der Waals surface area (Å²) in [5.41, 5.74) is -0.0269. The number of nitro groups is 1. The largest absolute Gasteiger partial charge is 0.381 e. The summed E-state index contributed by atoms with van der Waals surface area (Å²) in [5.74, 6) is -2.56. The molecule has 0 spiro atoms. The van der Waals surface area contributed by atoms with Gasteiger partial charge in [0.1, 0.15) is 11.6 Å². The van der Waals surface area contributed by atoms with Gasteiger partial charge in [0.25, 0.3) is 0 Å². The molecular weight excluding hydrogens is 285 g/mol. The molecular formula is C14H11F3N2O2. The zero-order chi connectivity index (χ0) is 15.6. The normalized spacial score (nSPS) is 10.5. The summed E-state index contributed by atoms with van der Waals surface area (Å²) >= 11 is 0. The van der Waals surface area contributed by atoms with Crippen molar-refractivity contribution >= 4 is 11.4 Å². The lowest BCUT2D eigenvalue weighted by Crippen LogP contribution is -2.04. The fraction of sp³-hybridized carbons (Fsp3) is 0.143. The average molecular weight is 296 g/mol. The molecule has 21 heavy (non-hydrogen) atoms. The monoisotopic (exact) mass is 296 g/mol. The molecule has 7 heteroatoms. The fourth-order valence-electron chi connectivity index (χ4n) is 1.76. The van der Waals surface area contributed by atoms with E-state index in [1.54, 1.807) is 19.1 Å². The summed E-state index contributed by atoms with van der Waals surface area (Å²) in [4.78, 5) is 9.69. The molecule has 0 saturated heterocycles. The molecule has 0 fully saturated rings. The van der Waals surface area contributed by atoms with Gasteiger partial charge in [-0.2, -0.15) is 4.39 Å². The maximum Gasteiger partial charge on any atom is 0.305 e. The third-order valence-electron chi connectivity index (χ3n) is 2.97. The van der Waals surface area contributed by atoms with E-state index in [1.807, 2.05) is 0 Å². The van der Waals surface area contributed by atoms with Gasteiger partial charge < -0.3 is 5.32 Å². The van der Waals surface area contributed by atoms with Crippen LogP contribution in [-0.2, 0) is 6.54 Å². The van der Waals surface area contributed by atoms with Gasteiger partial charge in [0.05, 0.1) is 4.92 Å². The molecule has 4 nitrogen and oxygen atoms in total. The Morgan fingerprint density at radius 2 is 1.81 bits per heavy atom. The third-order valence-corrected chi connectivity index (χ3v) is 2.97. The summed E-state index contributed by atoms with van der Waals surface area (Å²) in [6.07, 6.45) is 0. The maximum absolute atomic E-state index is 13.6. The molecule has 0 aliphatic heterocycles. The quantitative estimate of drug-likeness (QED) is 0.687. The van der Waals surface area contributed by atoms with E-state index in [0.29, 0.717) is 17.3 Å². The summed E-state index contributed by atoms with van der Waals surface area (Å²) in [6.45, 7) is 1.47. The number of nitrogens with one attached hydrogen (secondary N) is 1. The number of anilines is 1. The number of nitrogens with zero attached hydrogens (tertiary/aromatic N) is 1. The van der Waals surface area contributed by atoms with Crippen molar-refractivity contribution in [3.8, 4) is 0 Å². The Hall–Kier alpha value is -2.57. The Kier molecular flexibility index (Phi) is 4.11. The third kappa shape index (κ3) is 3.31. The van der Waals surface area contributed by atoms with Crippen molar-refractivity contribution in [3.63, 3.8) is 0 Å². The number of aryl methyl sites for hydroxylation is 1. The molecule has 0 aromatic heterocycles. The SMILES string of the molecule is Cc1ccc(NCc2cc([N+](=O)[O-])c(F)cc2F)cc1F. The highest BCUT2D eigenvalue weighted by Crippen LogP contribution is 2.22.